The van der Waals surface area contributed by atoms with E-state index in [1.807, 2.05) is 0 Å². The fraction of sp³-hybridized carbons (Fsp3) is 0.0476. The van der Waals surface area contributed by atoms with Gasteiger partial charge in [0.05, 0.1) is 16.7 Å². The fourth-order valence-corrected chi connectivity index (χ4v) is 10.3. The van der Waals surface area contributed by atoms with Gasteiger partial charge in [-0.1, -0.05) is 134 Å². The molecule has 0 atom stereocenters. The molecule has 46 heavy (non-hydrogen) atoms. The molecule has 0 radical (unpaired) electrons. The first kappa shape index (κ1) is 26.8. The molecule has 0 saturated heterocycles. The number of nitrogens with zero attached hydrogens (tertiary/aromatic N) is 3. The molecule has 0 unspecified atom stereocenters. The van der Waals surface area contributed by atoms with Crippen LogP contribution in [-0.4, -0.2) is 22.6 Å². The maximum atomic E-state index is 5.41. The van der Waals surface area contributed by atoms with Crippen LogP contribution in [-0.2, 0) is 0 Å². The van der Waals surface area contributed by atoms with Crippen molar-refractivity contribution in [1.29, 1.82) is 0 Å². The van der Waals surface area contributed by atoms with Crippen LogP contribution in [0.1, 0.15) is 0 Å². The van der Waals surface area contributed by atoms with Crippen LogP contribution < -0.4 is 10.5 Å². The fourth-order valence-electron chi connectivity index (χ4n) is 7.42. The molecule has 4 heteroatoms. The van der Waals surface area contributed by atoms with E-state index in [2.05, 4.69) is 169 Å². The minimum absolute atomic E-state index is 0.784. The molecular formula is C42H31N3Si. The molecule has 2 aromatic heterocycles. The average Bonchev–Trinajstić information content (AvgIpc) is 3.58. The van der Waals surface area contributed by atoms with Gasteiger partial charge in [-0.25, -0.2) is 9.97 Å². The van der Waals surface area contributed by atoms with Gasteiger partial charge >= 0.3 is 0 Å². The molecule has 0 bridgehead atoms. The normalized spacial score (nSPS) is 13.2. The van der Waals surface area contributed by atoms with E-state index in [4.69, 9.17) is 9.97 Å². The van der Waals surface area contributed by atoms with Crippen molar-refractivity contribution >= 4 is 40.4 Å². The summed E-state index contributed by atoms with van der Waals surface area (Å²) in [5.74, 6) is 0.784. The first-order chi connectivity index (χ1) is 22.6. The van der Waals surface area contributed by atoms with E-state index >= 15 is 0 Å². The van der Waals surface area contributed by atoms with E-state index in [0.29, 0.717) is 0 Å². The van der Waals surface area contributed by atoms with Crippen molar-refractivity contribution in [2.45, 2.75) is 13.1 Å². The molecule has 6 aromatic carbocycles. The molecule has 1 aliphatic rings. The SMILES string of the molecule is C[Si]1(C)c2ccccc2-c2c(-c3ccccc3)nc(-c3cccc(-c4cccc5c4c4ccccc4n5-c4ccccc4)c3)nc21. The predicted molar refractivity (Wildman–Crippen MR) is 195 cm³/mol. The monoisotopic (exact) mass is 605 g/mol. The van der Waals surface area contributed by atoms with Crippen LogP contribution in [0.2, 0.25) is 13.1 Å². The molecule has 0 aliphatic carbocycles. The summed E-state index contributed by atoms with van der Waals surface area (Å²) in [6.07, 6.45) is 0. The van der Waals surface area contributed by atoms with E-state index in [1.165, 1.54) is 49.0 Å². The van der Waals surface area contributed by atoms with Crippen molar-refractivity contribution in [3.8, 4) is 50.6 Å². The van der Waals surface area contributed by atoms with Gasteiger partial charge < -0.3 is 4.57 Å². The molecule has 0 fully saturated rings. The first-order valence-corrected chi connectivity index (χ1v) is 18.9. The summed E-state index contributed by atoms with van der Waals surface area (Å²) in [6.45, 7) is 4.84. The Morgan fingerprint density at radius 3 is 2.00 bits per heavy atom. The molecule has 9 rings (SSSR count). The van der Waals surface area contributed by atoms with Crippen molar-refractivity contribution in [3.05, 3.63) is 152 Å². The zero-order valence-electron chi connectivity index (χ0n) is 25.8. The lowest BCUT2D eigenvalue weighted by Crippen LogP contribution is -2.50. The van der Waals surface area contributed by atoms with Gasteiger partial charge in [-0.05, 0) is 52.2 Å². The topological polar surface area (TPSA) is 30.7 Å². The number of benzene rings is 6. The van der Waals surface area contributed by atoms with Gasteiger partial charge in [0, 0.05) is 38.5 Å². The molecule has 0 amide bonds. The molecule has 0 spiro atoms. The Hall–Kier alpha value is -5.58. The quantitative estimate of drug-likeness (QED) is 0.187. The highest BCUT2D eigenvalue weighted by Crippen LogP contribution is 2.40. The summed E-state index contributed by atoms with van der Waals surface area (Å²) < 4.78 is 2.37. The van der Waals surface area contributed by atoms with Crippen molar-refractivity contribution < 1.29 is 0 Å². The highest BCUT2D eigenvalue weighted by atomic mass is 28.3. The lowest BCUT2D eigenvalue weighted by molar-refractivity contribution is 1.18. The maximum absolute atomic E-state index is 5.41. The molecule has 218 valence electrons. The zero-order valence-corrected chi connectivity index (χ0v) is 26.8. The van der Waals surface area contributed by atoms with Gasteiger partial charge in [0.15, 0.2) is 5.82 Å². The Labute approximate surface area is 269 Å². The number of aromatic nitrogens is 3. The van der Waals surface area contributed by atoms with Gasteiger partial charge in [-0.15, -0.1) is 0 Å². The lowest BCUT2D eigenvalue weighted by atomic mass is 9.97. The predicted octanol–water partition coefficient (Wildman–Crippen LogP) is 9.38. The van der Waals surface area contributed by atoms with E-state index in [0.717, 1.165) is 33.9 Å². The molecule has 0 saturated carbocycles. The zero-order chi connectivity index (χ0) is 30.8. The number of rotatable bonds is 4. The van der Waals surface area contributed by atoms with Crippen LogP contribution in [0.3, 0.4) is 0 Å². The molecule has 8 aromatic rings. The van der Waals surface area contributed by atoms with Crippen molar-refractivity contribution in [2.75, 3.05) is 0 Å². The second-order valence-corrected chi connectivity index (χ2v) is 16.9. The highest BCUT2D eigenvalue weighted by molar-refractivity contribution is 7.03. The van der Waals surface area contributed by atoms with Crippen LogP contribution in [0.25, 0.3) is 72.4 Å². The summed E-state index contributed by atoms with van der Waals surface area (Å²) >= 11 is 0. The average molecular weight is 606 g/mol. The molecule has 3 nitrogen and oxygen atoms in total. The van der Waals surface area contributed by atoms with Crippen LogP contribution >= 0.6 is 0 Å². The third kappa shape index (κ3) is 3.97. The summed E-state index contributed by atoms with van der Waals surface area (Å²) in [6, 6.07) is 54.2. The lowest BCUT2D eigenvalue weighted by Gasteiger charge is -2.19. The Morgan fingerprint density at radius 1 is 0.522 bits per heavy atom. The Kier molecular flexibility index (Phi) is 5.96. The first-order valence-electron chi connectivity index (χ1n) is 15.9. The second kappa shape index (κ2) is 10.2. The maximum Gasteiger partial charge on any atom is 0.159 e. The highest BCUT2D eigenvalue weighted by Gasteiger charge is 2.41. The van der Waals surface area contributed by atoms with Gasteiger partial charge in [0.1, 0.15) is 8.07 Å². The van der Waals surface area contributed by atoms with Crippen molar-refractivity contribution in [2.24, 2.45) is 0 Å². The van der Waals surface area contributed by atoms with E-state index in [1.54, 1.807) is 0 Å². The standard InChI is InChI=1S/C42H31N3Si/c1-46(2)37-26-12-10-22-34(37)39-40(28-15-5-3-6-16-28)43-41(44-42(39)46)30-18-13-17-29(27-30)32-23-14-25-36-38(32)33-21-9-11-24-35(33)45(36)31-19-7-4-8-20-31/h3-27H,1-2H3. The van der Waals surface area contributed by atoms with Crippen LogP contribution in [0.4, 0.5) is 0 Å². The van der Waals surface area contributed by atoms with Crippen molar-refractivity contribution in [1.82, 2.24) is 14.5 Å². The Balaban J connectivity index is 1.27. The van der Waals surface area contributed by atoms with Crippen molar-refractivity contribution in [3.63, 3.8) is 0 Å². The molecule has 0 N–H and O–H groups in total. The summed E-state index contributed by atoms with van der Waals surface area (Å²) in [7, 11) is -2.04. The van der Waals surface area contributed by atoms with Gasteiger partial charge in [-0.3, -0.25) is 0 Å². The summed E-state index contributed by atoms with van der Waals surface area (Å²) in [5.41, 5.74) is 11.6. The summed E-state index contributed by atoms with van der Waals surface area (Å²) in [4.78, 5) is 10.8. The number of hydrogen-bond acceptors (Lipinski definition) is 2. The number of fused-ring (bicyclic) bond motifs is 6. The van der Waals surface area contributed by atoms with Crippen LogP contribution in [0.5, 0.6) is 0 Å². The van der Waals surface area contributed by atoms with Gasteiger partial charge in [-0.2, -0.15) is 0 Å². The third-order valence-electron chi connectivity index (χ3n) is 9.56. The number of hydrogen-bond donors (Lipinski definition) is 0. The van der Waals surface area contributed by atoms with Gasteiger partial charge in [0.2, 0.25) is 0 Å². The molecular weight excluding hydrogens is 575 g/mol. The van der Waals surface area contributed by atoms with Gasteiger partial charge in [0.25, 0.3) is 0 Å². The minimum atomic E-state index is -2.04. The molecule has 3 heterocycles. The summed E-state index contributed by atoms with van der Waals surface area (Å²) in [5, 5.41) is 5.15. The Morgan fingerprint density at radius 2 is 1.15 bits per heavy atom. The van der Waals surface area contributed by atoms with E-state index < -0.39 is 8.07 Å². The van der Waals surface area contributed by atoms with Crippen LogP contribution in [0, 0.1) is 0 Å². The van der Waals surface area contributed by atoms with E-state index in [9.17, 15) is 0 Å². The van der Waals surface area contributed by atoms with Crippen LogP contribution in [0.15, 0.2) is 152 Å². The number of para-hydroxylation sites is 2. The molecule has 1 aliphatic heterocycles. The minimum Gasteiger partial charge on any atom is -0.309 e. The third-order valence-corrected chi connectivity index (χ3v) is 12.9. The van der Waals surface area contributed by atoms with E-state index in [-0.39, 0.29) is 0 Å². The Bertz CT molecular complexity index is 2440. The second-order valence-electron chi connectivity index (χ2n) is 12.6. The largest absolute Gasteiger partial charge is 0.309 e. The smallest absolute Gasteiger partial charge is 0.159 e.